The molecule has 4 aliphatic rings. The van der Waals surface area contributed by atoms with Crippen LogP contribution in [0.5, 0.6) is 0 Å². The topological polar surface area (TPSA) is 49.8 Å². The Morgan fingerprint density at radius 2 is 1.70 bits per heavy atom. The van der Waals surface area contributed by atoms with E-state index in [0.717, 1.165) is 35.8 Å². The maximum absolute atomic E-state index is 14.4. The summed E-state index contributed by atoms with van der Waals surface area (Å²) in [4.78, 5) is 8.49. The third-order valence-corrected chi connectivity index (χ3v) is 8.01. The molecular weight excluding hydrogens is 435 g/mol. The zero-order valence-corrected chi connectivity index (χ0v) is 21.6. The molecule has 182 valence electrons. The predicted molar refractivity (Wildman–Crippen MR) is 137 cm³/mol. The summed E-state index contributed by atoms with van der Waals surface area (Å²) >= 11 is 6.20. The molecule has 0 aliphatic heterocycles. The van der Waals surface area contributed by atoms with E-state index in [9.17, 15) is 4.39 Å². The van der Waals surface area contributed by atoms with Crippen LogP contribution in [0, 0.1) is 34.9 Å². The second-order valence-corrected chi connectivity index (χ2v) is 9.92. The van der Waals surface area contributed by atoms with Gasteiger partial charge in [0.25, 0.3) is 0 Å². The Hall–Kier alpha value is -1.88. The molecule has 4 bridgehead atoms. The van der Waals surface area contributed by atoms with E-state index in [4.69, 9.17) is 11.6 Å². The summed E-state index contributed by atoms with van der Waals surface area (Å²) in [5.74, 6) is 3.74. The van der Waals surface area contributed by atoms with E-state index in [1.165, 1.54) is 38.3 Å². The molecule has 2 aromatic rings. The van der Waals surface area contributed by atoms with Crippen LogP contribution >= 0.6 is 11.6 Å². The Bertz CT molecular complexity index is 889. The molecule has 2 atom stereocenters. The molecule has 0 spiro atoms. The van der Waals surface area contributed by atoms with Gasteiger partial charge in [-0.2, -0.15) is 4.98 Å². The number of rotatable bonds is 6. The van der Waals surface area contributed by atoms with Crippen LogP contribution in [0.4, 0.5) is 16.2 Å². The molecule has 1 aromatic heterocycles. The van der Waals surface area contributed by atoms with Gasteiger partial charge in [-0.25, -0.2) is 9.37 Å². The molecule has 6 heteroatoms. The van der Waals surface area contributed by atoms with E-state index in [1.54, 1.807) is 0 Å². The molecule has 4 aliphatic carbocycles. The molecule has 6 rings (SSSR count). The van der Waals surface area contributed by atoms with Gasteiger partial charge in [-0.3, -0.25) is 0 Å². The van der Waals surface area contributed by atoms with Gasteiger partial charge < -0.3 is 10.6 Å². The van der Waals surface area contributed by atoms with Crippen LogP contribution in [0.3, 0.4) is 0 Å². The number of anilines is 2. The highest BCUT2D eigenvalue weighted by atomic mass is 35.5. The molecule has 4 saturated carbocycles. The zero-order valence-electron chi connectivity index (χ0n) is 20.8. The van der Waals surface area contributed by atoms with Crippen LogP contribution in [0.15, 0.2) is 30.5 Å². The van der Waals surface area contributed by atoms with E-state index in [2.05, 4.69) is 27.5 Å². The Morgan fingerprint density at radius 3 is 2.36 bits per heavy atom. The Balaban J connectivity index is 0.000000728. The summed E-state index contributed by atoms with van der Waals surface area (Å²) in [6, 6.07) is 7.64. The van der Waals surface area contributed by atoms with Gasteiger partial charge in [-0.05, 0) is 72.8 Å². The summed E-state index contributed by atoms with van der Waals surface area (Å²) in [6.07, 6.45) is 7.88. The number of aromatic nitrogens is 2. The minimum atomic E-state index is -0.397. The van der Waals surface area contributed by atoms with Crippen LogP contribution in [-0.2, 0) is 6.54 Å². The quantitative estimate of drug-likeness (QED) is 0.448. The lowest BCUT2D eigenvalue weighted by Crippen LogP contribution is -2.52. The molecule has 4 fully saturated rings. The summed E-state index contributed by atoms with van der Waals surface area (Å²) in [7, 11) is 0. The Labute approximate surface area is 204 Å². The minimum absolute atomic E-state index is 0.297. The average molecular weight is 475 g/mol. The number of nitrogens with one attached hydrogen (secondary N) is 2. The van der Waals surface area contributed by atoms with Crippen molar-refractivity contribution in [2.24, 2.45) is 29.1 Å². The van der Waals surface area contributed by atoms with Gasteiger partial charge in [0.15, 0.2) is 11.6 Å². The van der Waals surface area contributed by atoms with Gasteiger partial charge in [0.1, 0.15) is 0 Å². The lowest BCUT2D eigenvalue weighted by atomic mass is 9.46. The van der Waals surface area contributed by atoms with Crippen molar-refractivity contribution < 1.29 is 4.39 Å². The maximum atomic E-state index is 14.4. The largest absolute Gasteiger partial charge is 0.367 e. The SMILES string of the molecule is CC.CC.CC1C2CC3CC1CC(CNc1nc(NCc4ccccc4Cl)ncc1F)(C3)C2. The van der Waals surface area contributed by atoms with Gasteiger partial charge in [-0.15, -0.1) is 0 Å². The first-order chi connectivity index (χ1) is 16.0. The van der Waals surface area contributed by atoms with Crippen molar-refractivity contribution in [1.29, 1.82) is 0 Å². The van der Waals surface area contributed by atoms with Crippen LogP contribution in [-0.4, -0.2) is 16.5 Å². The Kier molecular flexibility index (Phi) is 8.97. The van der Waals surface area contributed by atoms with E-state index >= 15 is 0 Å². The van der Waals surface area contributed by atoms with Crippen LogP contribution in [0.2, 0.25) is 5.02 Å². The number of nitrogens with zero attached hydrogens (tertiary/aromatic N) is 2. The first-order valence-electron chi connectivity index (χ1n) is 12.7. The van der Waals surface area contributed by atoms with E-state index < -0.39 is 5.82 Å². The third kappa shape index (κ3) is 5.79. The monoisotopic (exact) mass is 474 g/mol. The summed E-state index contributed by atoms with van der Waals surface area (Å²) in [5, 5.41) is 7.19. The molecule has 0 amide bonds. The summed E-state index contributed by atoms with van der Waals surface area (Å²) in [5.41, 5.74) is 1.27. The van der Waals surface area contributed by atoms with Gasteiger partial charge in [-0.1, -0.05) is 64.4 Å². The molecule has 4 nitrogen and oxygen atoms in total. The molecule has 2 N–H and O–H groups in total. The number of hydrogen-bond donors (Lipinski definition) is 2. The fourth-order valence-corrected chi connectivity index (χ4v) is 6.53. The van der Waals surface area contributed by atoms with Crippen molar-refractivity contribution in [3.63, 3.8) is 0 Å². The normalized spacial score (nSPS) is 28.8. The summed E-state index contributed by atoms with van der Waals surface area (Å²) < 4.78 is 14.4. The molecule has 2 unspecified atom stereocenters. The fourth-order valence-electron chi connectivity index (χ4n) is 6.33. The van der Waals surface area contributed by atoms with Crippen LogP contribution in [0.25, 0.3) is 0 Å². The lowest BCUT2D eigenvalue weighted by Gasteiger charge is -2.59. The van der Waals surface area contributed by atoms with E-state index in [0.29, 0.717) is 28.7 Å². The van der Waals surface area contributed by atoms with Crippen molar-refractivity contribution in [1.82, 2.24) is 9.97 Å². The van der Waals surface area contributed by atoms with Crippen molar-refractivity contribution in [3.8, 4) is 0 Å². The highest BCUT2D eigenvalue weighted by molar-refractivity contribution is 6.31. The van der Waals surface area contributed by atoms with Crippen LogP contribution in [0.1, 0.15) is 72.3 Å². The second kappa shape index (κ2) is 11.5. The van der Waals surface area contributed by atoms with Crippen molar-refractivity contribution in [2.75, 3.05) is 17.2 Å². The number of hydrogen-bond acceptors (Lipinski definition) is 4. The van der Waals surface area contributed by atoms with Crippen LogP contribution < -0.4 is 10.6 Å². The fraction of sp³-hybridized carbons (Fsp3) is 0.630. The minimum Gasteiger partial charge on any atom is -0.367 e. The third-order valence-electron chi connectivity index (χ3n) is 7.64. The standard InChI is InChI=1S/C23H28ClFN4.2C2H6/c1-14-17-6-15-7-18(14)10-23(8-15,9-17)13-28-21-20(25)12-27-22(29-21)26-11-16-4-2-3-5-19(16)24;2*1-2/h2-5,12,14-15,17-18H,6-11,13H2,1H3,(H2,26,27,28,29);2*1-2H3. The van der Waals surface area contributed by atoms with Crippen molar-refractivity contribution in [2.45, 2.75) is 73.3 Å². The predicted octanol–water partition coefficient (Wildman–Crippen LogP) is 7.81. The lowest BCUT2D eigenvalue weighted by molar-refractivity contribution is -0.0822. The molecule has 0 saturated heterocycles. The van der Waals surface area contributed by atoms with Gasteiger partial charge in [0.2, 0.25) is 5.95 Å². The number of halogens is 2. The zero-order chi connectivity index (χ0) is 24.0. The average Bonchev–Trinajstić information content (AvgIpc) is 2.84. The number of benzene rings is 1. The first kappa shape index (κ1) is 25.7. The smallest absolute Gasteiger partial charge is 0.225 e. The molecule has 0 radical (unpaired) electrons. The molecule has 1 aromatic carbocycles. The first-order valence-corrected chi connectivity index (χ1v) is 13.1. The van der Waals surface area contributed by atoms with E-state index in [-0.39, 0.29) is 0 Å². The highest BCUT2D eigenvalue weighted by Crippen LogP contribution is 2.62. The highest BCUT2D eigenvalue weighted by Gasteiger charge is 2.53. The second-order valence-electron chi connectivity index (χ2n) is 9.52. The summed E-state index contributed by atoms with van der Waals surface area (Å²) in [6.45, 7) is 11.7. The van der Waals surface area contributed by atoms with Gasteiger partial charge >= 0.3 is 0 Å². The Morgan fingerprint density at radius 1 is 1.03 bits per heavy atom. The molecule has 33 heavy (non-hydrogen) atoms. The van der Waals surface area contributed by atoms with Crippen molar-refractivity contribution in [3.05, 3.63) is 46.9 Å². The van der Waals surface area contributed by atoms with Gasteiger partial charge in [0.05, 0.1) is 6.20 Å². The molecular formula is C27H40ClFN4. The van der Waals surface area contributed by atoms with Crippen molar-refractivity contribution >= 4 is 23.4 Å². The maximum Gasteiger partial charge on any atom is 0.225 e. The van der Waals surface area contributed by atoms with E-state index in [1.807, 2.05) is 52.0 Å². The van der Waals surface area contributed by atoms with Gasteiger partial charge in [0, 0.05) is 18.1 Å². The molecule has 1 heterocycles.